The second kappa shape index (κ2) is 5.72. The van der Waals surface area contributed by atoms with Gasteiger partial charge < -0.3 is 28.9 Å². The molecule has 69 valence electrons. The van der Waals surface area contributed by atoms with Gasteiger partial charge in [0.05, 0.1) is 11.9 Å². The van der Waals surface area contributed by atoms with E-state index < -0.39 is 20.8 Å². The molecule has 0 aliphatic heterocycles. The van der Waals surface area contributed by atoms with Gasteiger partial charge in [-0.1, -0.05) is 0 Å². The van der Waals surface area contributed by atoms with Gasteiger partial charge in [0.15, 0.2) is 7.60 Å². The molecule has 7 nitrogen and oxygen atoms in total. The molecule has 0 bridgehead atoms. The summed E-state index contributed by atoms with van der Waals surface area (Å²) in [6, 6.07) is 0. The Kier molecular flexibility index (Phi) is 7.80. The Morgan fingerprint density at radius 3 is 1.75 bits per heavy atom. The molecule has 0 saturated heterocycles. The number of aliphatic hydroxyl groups is 1. The Balaban J connectivity index is 0. The maximum absolute atomic E-state index is 10.2. The minimum Gasteiger partial charge on any atom is -0.809 e. The molecule has 0 spiro atoms. The van der Waals surface area contributed by atoms with Gasteiger partial charge in [-0.2, -0.15) is 0 Å². The van der Waals surface area contributed by atoms with E-state index in [1.54, 1.807) is 0 Å². The standard InChI is InChI=1S/CH5ClO7P2.Ce/c2-9-11(7,8)1(3)10(4,5)6;/h1,3H,(H,7,8)(H2,4,5,6);/q;+3/p-3. The molecule has 0 fully saturated rings. The van der Waals surface area contributed by atoms with Crippen LogP contribution in [0.25, 0.3) is 0 Å². The summed E-state index contributed by atoms with van der Waals surface area (Å²) in [6.45, 7) is 0. The first kappa shape index (κ1) is 16.4. The molecule has 0 amide bonds. The average molecular weight is 364 g/mol. The summed E-state index contributed by atoms with van der Waals surface area (Å²) in [5.41, 5.74) is -3.13. The zero-order chi connectivity index (χ0) is 9.28. The van der Waals surface area contributed by atoms with Gasteiger partial charge in [-0.3, -0.25) is 0 Å². The Bertz CT molecular complexity index is 223. The Hall–Kier alpha value is 1.93. The maximum Gasteiger partial charge on any atom is 3.00 e. The first-order valence-electron chi connectivity index (χ1n) is 2.02. The number of rotatable bonds is 3. The van der Waals surface area contributed by atoms with Crippen LogP contribution in [-0.4, -0.2) is 10.7 Å². The Labute approximate surface area is 106 Å². The van der Waals surface area contributed by atoms with Crippen LogP contribution in [0.1, 0.15) is 0 Å². The molecule has 0 aromatic heterocycles. The summed E-state index contributed by atoms with van der Waals surface area (Å²) in [6.07, 6.45) is 0. The predicted molar refractivity (Wildman–Crippen MR) is 28.2 cm³/mol. The molecule has 0 aliphatic carbocycles. The van der Waals surface area contributed by atoms with Crippen molar-refractivity contribution in [1.82, 2.24) is 0 Å². The van der Waals surface area contributed by atoms with E-state index in [-0.39, 0.29) is 41.7 Å². The molecule has 0 aliphatic rings. The predicted octanol–water partition coefficient (Wildman–Crippen LogP) is -2.10. The van der Waals surface area contributed by atoms with Crippen molar-refractivity contribution in [2.45, 2.75) is 5.59 Å². The van der Waals surface area contributed by atoms with E-state index in [4.69, 9.17) is 5.11 Å². The van der Waals surface area contributed by atoms with Gasteiger partial charge in [-0.25, -0.2) is 4.08 Å². The molecule has 0 heterocycles. The summed E-state index contributed by atoms with van der Waals surface area (Å²) in [5, 5.41) is 8.24. The molecule has 2 atom stereocenters. The molecule has 2 unspecified atom stereocenters. The second-order valence-corrected chi connectivity index (χ2v) is 5.59. The van der Waals surface area contributed by atoms with E-state index >= 15 is 0 Å². The van der Waals surface area contributed by atoms with Crippen molar-refractivity contribution in [1.29, 1.82) is 0 Å². The zero-order valence-corrected chi connectivity index (χ0v) is 10.9. The third-order valence-corrected chi connectivity index (χ3v) is 4.26. The fourth-order valence-electron chi connectivity index (χ4n) is 0.209. The quantitative estimate of drug-likeness (QED) is 0.568. The zero-order valence-electron chi connectivity index (χ0n) is 5.25. The van der Waals surface area contributed by atoms with E-state index in [0.717, 1.165) is 0 Å². The summed E-state index contributed by atoms with van der Waals surface area (Å²) in [5.74, 6) is 0. The second-order valence-electron chi connectivity index (χ2n) is 1.50. The van der Waals surface area contributed by atoms with Gasteiger partial charge >= 0.3 is 41.7 Å². The normalized spacial score (nSPS) is 19.1. The van der Waals surface area contributed by atoms with Crippen LogP contribution in [0.4, 0.5) is 0 Å². The van der Waals surface area contributed by atoms with Crippen LogP contribution in [0, 0.1) is 41.7 Å². The first-order chi connectivity index (χ1) is 4.72. The molecule has 1 N–H and O–H groups in total. The van der Waals surface area contributed by atoms with Crippen molar-refractivity contribution in [3.8, 4) is 0 Å². The largest absolute Gasteiger partial charge is 3.00 e. The number of hydrogen-bond donors (Lipinski definition) is 1. The van der Waals surface area contributed by atoms with Crippen molar-refractivity contribution in [2.75, 3.05) is 0 Å². The number of hydrogen-bond acceptors (Lipinski definition) is 7. The molecule has 0 rings (SSSR count). The minimum atomic E-state index is -5.62. The fourth-order valence-corrected chi connectivity index (χ4v) is 2.20. The van der Waals surface area contributed by atoms with Gasteiger partial charge in [-0.15, -0.1) is 0 Å². The summed E-state index contributed by atoms with van der Waals surface area (Å²) >= 11 is 4.26. The van der Waals surface area contributed by atoms with Crippen molar-refractivity contribution >= 4 is 27.1 Å². The van der Waals surface area contributed by atoms with Crippen LogP contribution in [0.15, 0.2) is 0 Å². The van der Waals surface area contributed by atoms with Crippen molar-refractivity contribution < 1.29 is 74.7 Å². The van der Waals surface area contributed by atoms with Gasteiger partial charge in [0, 0.05) is 0 Å². The van der Waals surface area contributed by atoms with Gasteiger partial charge in [-0.05, 0) is 7.60 Å². The third kappa shape index (κ3) is 4.97. The van der Waals surface area contributed by atoms with Gasteiger partial charge in [0.2, 0.25) is 0 Å². The van der Waals surface area contributed by atoms with Crippen LogP contribution in [-0.2, 0) is 13.2 Å². The molecule has 0 aromatic carbocycles. The summed E-state index contributed by atoms with van der Waals surface area (Å²) in [4.78, 5) is 29.9. The molecule has 0 saturated carbocycles. The van der Waals surface area contributed by atoms with E-state index in [0.29, 0.717) is 0 Å². The molecule has 12 heavy (non-hydrogen) atoms. The monoisotopic (exact) mass is 363 g/mol. The Morgan fingerprint density at radius 1 is 1.33 bits per heavy atom. The maximum atomic E-state index is 10.2. The Morgan fingerprint density at radius 2 is 1.67 bits per heavy atom. The third-order valence-electron chi connectivity index (χ3n) is 0.662. The first-order valence-corrected chi connectivity index (χ1v) is 5.56. The van der Waals surface area contributed by atoms with Gasteiger partial charge in [0.25, 0.3) is 0 Å². The van der Waals surface area contributed by atoms with Crippen molar-refractivity contribution in [3.05, 3.63) is 0 Å². The van der Waals surface area contributed by atoms with Crippen LogP contribution < -0.4 is 14.7 Å². The van der Waals surface area contributed by atoms with E-state index in [1.807, 2.05) is 0 Å². The fraction of sp³-hybridized carbons (Fsp3) is 1.00. The molecule has 1 radical (unpaired) electrons. The SMILES string of the molecule is O=P([O-])([O-])C(O)P(=O)([O-])OCl.[Ce+3]. The van der Waals surface area contributed by atoms with E-state index in [1.165, 1.54) is 0 Å². The summed E-state index contributed by atoms with van der Waals surface area (Å²) in [7, 11) is -10.8. The van der Waals surface area contributed by atoms with Crippen molar-refractivity contribution in [3.63, 3.8) is 0 Å². The smallest absolute Gasteiger partial charge is 0.809 e. The number of halogens is 1. The topological polar surface area (TPSA) is 133 Å². The van der Waals surface area contributed by atoms with Crippen LogP contribution in [0.2, 0.25) is 0 Å². The van der Waals surface area contributed by atoms with Crippen LogP contribution >= 0.6 is 27.1 Å². The average Bonchev–Trinajstić information content (AvgIpc) is 1.84. The van der Waals surface area contributed by atoms with E-state index in [2.05, 4.69) is 15.9 Å². The molecule has 0 aromatic rings. The molecule has 11 heteroatoms. The van der Waals surface area contributed by atoms with E-state index in [9.17, 15) is 23.8 Å². The number of aliphatic hydroxyl groups excluding tert-OH is 1. The minimum absolute atomic E-state index is 0. The molecular formula is CH2CeClO7P2. The van der Waals surface area contributed by atoms with Crippen molar-refractivity contribution in [2.24, 2.45) is 0 Å². The van der Waals surface area contributed by atoms with Gasteiger partial charge in [0.1, 0.15) is 5.59 Å². The summed E-state index contributed by atoms with van der Waals surface area (Å²) < 4.78 is 23.1. The van der Waals surface area contributed by atoms with Crippen LogP contribution in [0.3, 0.4) is 0 Å². The van der Waals surface area contributed by atoms with Crippen LogP contribution in [0.5, 0.6) is 0 Å². The molecular weight excluding hydrogens is 362 g/mol.